The van der Waals surface area contributed by atoms with Crippen LogP contribution in [-0.4, -0.2) is 44.4 Å². The Kier molecular flexibility index (Phi) is 4.79. The quantitative estimate of drug-likeness (QED) is 0.395. The summed E-state index contributed by atoms with van der Waals surface area (Å²) in [6.45, 7) is 0.492. The zero-order valence-corrected chi connectivity index (χ0v) is 15.0. The van der Waals surface area contributed by atoms with Crippen molar-refractivity contribution in [1.29, 1.82) is 0 Å². The highest BCUT2D eigenvalue weighted by Gasteiger charge is 2.09. The standard InChI is InChI=1S/C19H17N7O2/c1-28-18-7-6-13(11-21-24-19(27)16-8-9-20-22-16)10-14(18)12-26-17-5-3-2-4-15(17)23-25-26/h2-11H,12H2,1H3,(H,20,22)(H,24,27). The fraction of sp³-hybridized carbons (Fsp3) is 0.105. The maximum atomic E-state index is 11.9. The van der Waals surface area contributed by atoms with Gasteiger partial charge in [0, 0.05) is 11.8 Å². The number of amides is 1. The summed E-state index contributed by atoms with van der Waals surface area (Å²) in [5, 5.41) is 18.7. The molecule has 2 N–H and O–H groups in total. The normalized spacial score (nSPS) is 11.2. The maximum Gasteiger partial charge on any atom is 0.289 e. The Hall–Kier alpha value is -4.01. The molecule has 9 nitrogen and oxygen atoms in total. The average molecular weight is 375 g/mol. The number of aromatic amines is 1. The second kappa shape index (κ2) is 7.70. The van der Waals surface area contributed by atoms with E-state index >= 15 is 0 Å². The number of hydrazone groups is 1. The Morgan fingerprint density at radius 1 is 1.29 bits per heavy atom. The molecule has 140 valence electrons. The predicted octanol–water partition coefficient (Wildman–Crippen LogP) is 1.98. The van der Waals surface area contributed by atoms with Gasteiger partial charge in [0.1, 0.15) is 17.0 Å². The molecule has 0 aliphatic carbocycles. The number of aromatic nitrogens is 5. The summed E-state index contributed by atoms with van der Waals surface area (Å²) in [5.41, 5.74) is 6.29. The third-order valence-corrected chi connectivity index (χ3v) is 4.17. The van der Waals surface area contributed by atoms with Gasteiger partial charge in [0.15, 0.2) is 0 Å². The molecule has 2 aromatic carbocycles. The van der Waals surface area contributed by atoms with Crippen LogP contribution in [0.4, 0.5) is 0 Å². The molecule has 0 radical (unpaired) electrons. The van der Waals surface area contributed by atoms with Crippen LogP contribution in [-0.2, 0) is 6.54 Å². The molecule has 2 aromatic heterocycles. The molecule has 0 fully saturated rings. The van der Waals surface area contributed by atoms with Crippen molar-refractivity contribution in [1.82, 2.24) is 30.6 Å². The third-order valence-electron chi connectivity index (χ3n) is 4.17. The molecule has 0 bridgehead atoms. The molecular formula is C19H17N7O2. The van der Waals surface area contributed by atoms with E-state index in [0.29, 0.717) is 12.2 Å². The van der Waals surface area contributed by atoms with Gasteiger partial charge in [0.05, 0.1) is 25.4 Å². The summed E-state index contributed by atoms with van der Waals surface area (Å²) < 4.78 is 7.28. The number of para-hydroxylation sites is 1. The minimum Gasteiger partial charge on any atom is -0.496 e. The summed E-state index contributed by atoms with van der Waals surface area (Å²) >= 11 is 0. The van der Waals surface area contributed by atoms with Crippen LogP contribution in [0.2, 0.25) is 0 Å². The lowest BCUT2D eigenvalue weighted by molar-refractivity contribution is 0.0950. The number of ether oxygens (including phenoxy) is 1. The van der Waals surface area contributed by atoms with E-state index in [1.807, 2.05) is 47.1 Å². The first-order valence-corrected chi connectivity index (χ1v) is 8.52. The largest absolute Gasteiger partial charge is 0.496 e. The minimum atomic E-state index is -0.364. The van der Waals surface area contributed by atoms with Gasteiger partial charge in [0.2, 0.25) is 0 Å². The Labute approximate surface area is 160 Å². The van der Waals surface area contributed by atoms with Crippen molar-refractivity contribution >= 4 is 23.2 Å². The second-order valence-electron chi connectivity index (χ2n) is 5.98. The molecule has 0 atom stereocenters. The SMILES string of the molecule is COc1ccc(C=NNC(=O)c2ccn[nH]2)cc1Cn1nnc2ccccc21. The number of nitrogens with zero attached hydrogens (tertiary/aromatic N) is 5. The number of nitrogens with one attached hydrogen (secondary N) is 2. The van der Waals surface area contributed by atoms with Gasteiger partial charge in [-0.25, -0.2) is 10.1 Å². The third kappa shape index (κ3) is 3.58. The lowest BCUT2D eigenvalue weighted by atomic mass is 10.1. The van der Waals surface area contributed by atoms with Crippen molar-refractivity contribution < 1.29 is 9.53 Å². The molecule has 0 aliphatic rings. The zero-order chi connectivity index (χ0) is 19.3. The second-order valence-corrected chi connectivity index (χ2v) is 5.98. The Balaban J connectivity index is 1.54. The van der Waals surface area contributed by atoms with E-state index in [0.717, 1.165) is 27.9 Å². The van der Waals surface area contributed by atoms with Crippen LogP contribution < -0.4 is 10.2 Å². The summed E-state index contributed by atoms with van der Waals surface area (Å²) in [6, 6.07) is 15.0. The summed E-state index contributed by atoms with van der Waals surface area (Å²) in [4.78, 5) is 11.9. The van der Waals surface area contributed by atoms with Crippen LogP contribution in [0.3, 0.4) is 0 Å². The van der Waals surface area contributed by atoms with E-state index in [9.17, 15) is 4.79 Å². The molecule has 0 saturated heterocycles. The molecule has 2 heterocycles. The number of benzene rings is 2. The first kappa shape index (κ1) is 17.4. The van der Waals surface area contributed by atoms with Crippen molar-refractivity contribution in [3.63, 3.8) is 0 Å². The average Bonchev–Trinajstić information content (AvgIpc) is 3.39. The maximum absolute atomic E-state index is 11.9. The molecule has 28 heavy (non-hydrogen) atoms. The highest BCUT2D eigenvalue weighted by atomic mass is 16.5. The van der Waals surface area contributed by atoms with Crippen LogP contribution in [0, 0.1) is 0 Å². The van der Waals surface area contributed by atoms with Crippen LogP contribution in [0.5, 0.6) is 5.75 Å². The van der Waals surface area contributed by atoms with Crippen molar-refractivity contribution in [2.75, 3.05) is 7.11 Å². The molecule has 4 aromatic rings. The monoisotopic (exact) mass is 375 g/mol. The molecule has 1 amide bonds. The van der Waals surface area contributed by atoms with Crippen molar-refractivity contribution in [3.05, 3.63) is 71.5 Å². The fourth-order valence-corrected chi connectivity index (χ4v) is 2.81. The number of carbonyl (C=O) groups excluding carboxylic acids is 1. The highest BCUT2D eigenvalue weighted by Crippen LogP contribution is 2.22. The number of hydrogen-bond acceptors (Lipinski definition) is 6. The number of carbonyl (C=O) groups is 1. The van der Waals surface area contributed by atoms with Gasteiger partial charge in [-0.3, -0.25) is 9.89 Å². The molecule has 0 aliphatic heterocycles. The topological polar surface area (TPSA) is 110 Å². The number of H-pyrrole nitrogens is 1. The van der Waals surface area contributed by atoms with Gasteiger partial charge >= 0.3 is 0 Å². The van der Waals surface area contributed by atoms with E-state index in [1.54, 1.807) is 19.4 Å². The number of methoxy groups -OCH3 is 1. The van der Waals surface area contributed by atoms with E-state index in [4.69, 9.17) is 4.74 Å². The van der Waals surface area contributed by atoms with Crippen LogP contribution in [0.1, 0.15) is 21.6 Å². The summed E-state index contributed by atoms with van der Waals surface area (Å²) in [7, 11) is 1.62. The van der Waals surface area contributed by atoms with Gasteiger partial charge < -0.3 is 4.74 Å². The molecular weight excluding hydrogens is 358 g/mol. The van der Waals surface area contributed by atoms with E-state index in [-0.39, 0.29) is 5.91 Å². The molecule has 9 heteroatoms. The molecule has 4 rings (SSSR count). The Morgan fingerprint density at radius 3 is 3.00 bits per heavy atom. The molecule has 0 unspecified atom stereocenters. The molecule has 0 spiro atoms. The number of rotatable bonds is 6. The van der Waals surface area contributed by atoms with Crippen molar-refractivity contribution in [2.45, 2.75) is 6.54 Å². The number of fused-ring (bicyclic) bond motifs is 1. The van der Waals surface area contributed by atoms with E-state index in [1.165, 1.54) is 6.20 Å². The van der Waals surface area contributed by atoms with E-state index < -0.39 is 0 Å². The molecule has 0 saturated carbocycles. The minimum absolute atomic E-state index is 0.339. The highest BCUT2D eigenvalue weighted by molar-refractivity contribution is 5.93. The lowest BCUT2D eigenvalue weighted by Crippen LogP contribution is -2.18. The first-order valence-electron chi connectivity index (χ1n) is 8.52. The first-order chi connectivity index (χ1) is 13.7. The van der Waals surface area contributed by atoms with Gasteiger partial charge in [-0.2, -0.15) is 10.2 Å². The van der Waals surface area contributed by atoms with Gasteiger partial charge in [-0.05, 0) is 42.0 Å². The van der Waals surface area contributed by atoms with Crippen molar-refractivity contribution in [3.8, 4) is 5.75 Å². The smallest absolute Gasteiger partial charge is 0.289 e. The van der Waals surface area contributed by atoms with Crippen LogP contribution >= 0.6 is 0 Å². The van der Waals surface area contributed by atoms with Gasteiger partial charge in [0.25, 0.3) is 5.91 Å². The van der Waals surface area contributed by atoms with Gasteiger partial charge in [-0.15, -0.1) is 5.10 Å². The van der Waals surface area contributed by atoms with Crippen LogP contribution in [0.15, 0.2) is 59.8 Å². The predicted molar refractivity (Wildman–Crippen MR) is 103 cm³/mol. The van der Waals surface area contributed by atoms with E-state index in [2.05, 4.69) is 31.0 Å². The summed E-state index contributed by atoms with van der Waals surface area (Å²) in [5.74, 6) is 0.370. The number of hydrogen-bond donors (Lipinski definition) is 2. The fourth-order valence-electron chi connectivity index (χ4n) is 2.81. The zero-order valence-electron chi connectivity index (χ0n) is 15.0. The van der Waals surface area contributed by atoms with Gasteiger partial charge in [-0.1, -0.05) is 17.3 Å². The van der Waals surface area contributed by atoms with Crippen molar-refractivity contribution in [2.24, 2.45) is 5.10 Å². The summed E-state index contributed by atoms with van der Waals surface area (Å²) in [6.07, 6.45) is 3.07. The Morgan fingerprint density at radius 2 is 2.18 bits per heavy atom. The Bertz CT molecular complexity index is 1130. The van der Waals surface area contributed by atoms with Crippen LogP contribution in [0.25, 0.3) is 11.0 Å². The lowest BCUT2D eigenvalue weighted by Gasteiger charge is -2.10.